The molecule has 0 spiro atoms. The molecule has 3 rings (SSSR count). The maximum atomic E-state index is 12.1. The van der Waals surface area contributed by atoms with E-state index >= 15 is 0 Å². The number of carbonyl (C=O) groups excluding carboxylic acids is 1. The second-order valence-electron chi connectivity index (χ2n) is 7.40. The standard InChI is InChI=1S/C23H29N3OS/c1-17-9-10-21-19(15-17)20(22(25-21)11-13-26(2)3)16-28-14-12-23(27)24-18-7-5-4-6-8-18/h4-10,15,25H,11-14,16H2,1-3H3,(H,24,27). The minimum absolute atomic E-state index is 0.0707. The molecule has 0 fully saturated rings. The minimum Gasteiger partial charge on any atom is -0.358 e. The van der Waals surface area contributed by atoms with Crippen LogP contribution in [0.1, 0.15) is 23.2 Å². The Bertz CT molecular complexity index is 918. The molecule has 0 atom stereocenters. The molecule has 0 bridgehead atoms. The quantitative estimate of drug-likeness (QED) is 0.510. The SMILES string of the molecule is Cc1ccc2[nH]c(CCN(C)C)c(CSCCC(=O)Nc3ccccc3)c2c1. The summed E-state index contributed by atoms with van der Waals surface area (Å²) in [6.07, 6.45) is 1.53. The van der Waals surface area contributed by atoms with Crippen molar-refractivity contribution < 1.29 is 4.79 Å². The zero-order valence-electron chi connectivity index (χ0n) is 16.9. The molecule has 5 heteroatoms. The maximum Gasteiger partial charge on any atom is 0.225 e. The molecule has 0 aliphatic carbocycles. The Morgan fingerprint density at radius 2 is 1.93 bits per heavy atom. The summed E-state index contributed by atoms with van der Waals surface area (Å²) in [5.41, 5.74) is 6.04. The second kappa shape index (κ2) is 9.80. The lowest BCUT2D eigenvalue weighted by Crippen LogP contribution is -2.15. The van der Waals surface area contributed by atoms with Crippen molar-refractivity contribution in [3.05, 3.63) is 65.4 Å². The molecular weight excluding hydrogens is 366 g/mol. The van der Waals surface area contributed by atoms with Crippen LogP contribution in [0, 0.1) is 6.92 Å². The number of aryl methyl sites for hydroxylation is 1. The van der Waals surface area contributed by atoms with Crippen molar-refractivity contribution in [3.8, 4) is 0 Å². The molecule has 0 radical (unpaired) electrons. The van der Waals surface area contributed by atoms with E-state index in [1.54, 1.807) is 0 Å². The van der Waals surface area contributed by atoms with Gasteiger partial charge in [0.05, 0.1) is 0 Å². The van der Waals surface area contributed by atoms with Crippen LogP contribution in [0.5, 0.6) is 0 Å². The molecule has 28 heavy (non-hydrogen) atoms. The van der Waals surface area contributed by atoms with Gasteiger partial charge in [0.25, 0.3) is 0 Å². The second-order valence-corrected chi connectivity index (χ2v) is 8.51. The molecule has 1 amide bonds. The molecule has 0 saturated heterocycles. The number of hydrogen-bond acceptors (Lipinski definition) is 3. The average molecular weight is 396 g/mol. The van der Waals surface area contributed by atoms with Crippen molar-refractivity contribution in [1.82, 2.24) is 9.88 Å². The molecule has 2 aromatic carbocycles. The van der Waals surface area contributed by atoms with Gasteiger partial charge in [-0.3, -0.25) is 4.79 Å². The lowest BCUT2D eigenvalue weighted by Gasteiger charge is -2.10. The number of rotatable bonds is 9. The number of benzene rings is 2. The van der Waals surface area contributed by atoms with E-state index in [2.05, 4.69) is 54.4 Å². The van der Waals surface area contributed by atoms with Crippen molar-refractivity contribution in [2.75, 3.05) is 31.7 Å². The number of aromatic amines is 1. The topological polar surface area (TPSA) is 48.1 Å². The van der Waals surface area contributed by atoms with Gasteiger partial charge in [0.2, 0.25) is 5.91 Å². The Morgan fingerprint density at radius 3 is 2.68 bits per heavy atom. The zero-order chi connectivity index (χ0) is 19.9. The van der Waals surface area contributed by atoms with E-state index in [4.69, 9.17) is 0 Å². The van der Waals surface area contributed by atoms with Crippen LogP contribution < -0.4 is 5.32 Å². The number of aromatic nitrogens is 1. The van der Waals surface area contributed by atoms with Gasteiger partial charge < -0.3 is 15.2 Å². The number of amides is 1. The number of nitrogens with one attached hydrogen (secondary N) is 2. The van der Waals surface area contributed by atoms with Gasteiger partial charge in [-0.15, -0.1) is 0 Å². The van der Waals surface area contributed by atoms with Crippen LogP contribution in [0.25, 0.3) is 10.9 Å². The third kappa shape index (κ3) is 5.63. The maximum absolute atomic E-state index is 12.1. The first-order valence-corrected chi connectivity index (χ1v) is 10.9. The van der Waals surface area contributed by atoms with Crippen LogP contribution in [0.2, 0.25) is 0 Å². The van der Waals surface area contributed by atoms with Gasteiger partial charge in [-0.2, -0.15) is 11.8 Å². The Kier molecular flexibility index (Phi) is 7.18. The number of hydrogen-bond donors (Lipinski definition) is 2. The molecule has 1 aromatic heterocycles. The predicted octanol–water partition coefficient (Wildman–Crippen LogP) is 4.84. The zero-order valence-corrected chi connectivity index (χ0v) is 17.7. The highest BCUT2D eigenvalue weighted by atomic mass is 32.2. The third-order valence-corrected chi connectivity index (χ3v) is 5.72. The summed E-state index contributed by atoms with van der Waals surface area (Å²) in [6, 6.07) is 16.2. The largest absolute Gasteiger partial charge is 0.358 e. The highest BCUT2D eigenvalue weighted by Crippen LogP contribution is 2.28. The molecule has 148 valence electrons. The van der Waals surface area contributed by atoms with Crippen molar-refractivity contribution in [1.29, 1.82) is 0 Å². The third-order valence-electron chi connectivity index (χ3n) is 4.74. The number of fused-ring (bicyclic) bond motifs is 1. The van der Waals surface area contributed by atoms with Gasteiger partial charge in [0.15, 0.2) is 0 Å². The predicted molar refractivity (Wildman–Crippen MR) is 121 cm³/mol. The van der Waals surface area contributed by atoms with Crippen LogP contribution in [0.4, 0.5) is 5.69 Å². The molecule has 0 unspecified atom stereocenters. The van der Waals surface area contributed by atoms with E-state index in [1.165, 1.54) is 27.7 Å². The first-order valence-electron chi connectivity index (χ1n) is 9.70. The number of likely N-dealkylation sites (N-methyl/N-ethyl adjacent to an activating group) is 1. The Hall–Kier alpha value is -2.24. The van der Waals surface area contributed by atoms with E-state index in [1.807, 2.05) is 42.1 Å². The number of para-hydroxylation sites is 1. The Morgan fingerprint density at radius 1 is 1.14 bits per heavy atom. The Labute approximate surface area is 171 Å². The van der Waals surface area contributed by atoms with Crippen LogP contribution in [0.15, 0.2) is 48.5 Å². The van der Waals surface area contributed by atoms with Gasteiger partial charge in [-0.25, -0.2) is 0 Å². The van der Waals surface area contributed by atoms with Crippen LogP contribution in [-0.4, -0.2) is 42.2 Å². The fourth-order valence-electron chi connectivity index (χ4n) is 3.22. The number of carbonyl (C=O) groups is 1. The number of H-pyrrole nitrogens is 1. The van der Waals surface area contributed by atoms with E-state index in [-0.39, 0.29) is 5.91 Å². The molecule has 1 heterocycles. The summed E-state index contributed by atoms with van der Waals surface area (Å²) in [6.45, 7) is 3.15. The number of nitrogens with zero attached hydrogens (tertiary/aromatic N) is 1. The molecule has 0 aliphatic heterocycles. The fraction of sp³-hybridized carbons (Fsp3) is 0.348. The normalized spacial score (nSPS) is 11.3. The van der Waals surface area contributed by atoms with E-state index in [0.717, 1.165) is 30.2 Å². The van der Waals surface area contributed by atoms with Gasteiger partial charge in [-0.1, -0.05) is 29.8 Å². The van der Waals surface area contributed by atoms with Gasteiger partial charge >= 0.3 is 0 Å². The van der Waals surface area contributed by atoms with Crippen LogP contribution in [0.3, 0.4) is 0 Å². The summed E-state index contributed by atoms with van der Waals surface area (Å²) in [5, 5.41) is 4.27. The van der Waals surface area contributed by atoms with Gasteiger partial charge in [0, 0.05) is 53.2 Å². The smallest absolute Gasteiger partial charge is 0.225 e. The van der Waals surface area contributed by atoms with Crippen molar-refractivity contribution in [2.45, 2.75) is 25.5 Å². The van der Waals surface area contributed by atoms with Crippen molar-refractivity contribution in [3.63, 3.8) is 0 Å². The van der Waals surface area contributed by atoms with Crippen molar-refractivity contribution >= 4 is 34.3 Å². The highest BCUT2D eigenvalue weighted by molar-refractivity contribution is 7.98. The summed E-state index contributed by atoms with van der Waals surface area (Å²) < 4.78 is 0. The molecule has 4 nitrogen and oxygen atoms in total. The first-order chi connectivity index (χ1) is 13.5. The summed E-state index contributed by atoms with van der Waals surface area (Å²) in [4.78, 5) is 18.0. The molecule has 2 N–H and O–H groups in total. The number of anilines is 1. The first kappa shape index (κ1) is 20.5. The summed E-state index contributed by atoms with van der Waals surface area (Å²) in [7, 11) is 4.21. The van der Waals surface area contributed by atoms with E-state index in [0.29, 0.717) is 6.42 Å². The van der Waals surface area contributed by atoms with E-state index < -0.39 is 0 Å². The van der Waals surface area contributed by atoms with Gasteiger partial charge in [-0.05, 0) is 50.8 Å². The van der Waals surface area contributed by atoms with Crippen molar-refractivity contribution in [2.24, 2.45) is 0 Å². The number of thioether (sulfide) groups is 1. The summed E-state index contributed by atoms with van der Waals surface area (Å²) in [5.74, 6) is 1.80. The monoisotopic (exact) mass is 395 g/mol. The van der Waals surface area contributed by atoms with Crippen LogP contribution in [-0.2, 0) is 17.0 Å². The lowest BCUT2D eigenvalue weighted by atomic mass is 10.1. The summed E-state index contributed by atoms with van der Waals surface area (Å²) >= 11 is 1.82. The molecular formula is C23H29N3OS. The molecule has 0 aliphatic rings. The molecule has 0 saturated carbocycles. The van der Waals surface area contributed by atoms with Gasteiger partial charge in [0.1, 0.15) is 0 Å². The lowest BCUT2D eigenvalue weighted by molar-refractivity contribution is -0.115. The fourth-order valence-corrected chi connectivity index (χ4v) is 4.22. The average Bonchev–Trinajstić information content (AvgIpc) is 3.01. The van der Waals surface area contributed by atoms with E-state index in [9.17, 15) is 4.79 Å². The minimum atomic E-state index is 0.0707. The Balaban J connectivity index is 1.60. The highest BCUT2D eigenvalue weighted by Gasteiger charge is 2.12. The molecule has 3 aromatic rings. The van der Waals surface area contributed by atoms with Crippen LogP contribution >= 0.6 is 11.8 Å².